The van der Waals surface area contributed by atoms with Gasteiger partial charge in [-0.25, -0.2) is 0 Å². The molecule has 1 amide bonds. The van der Waals surface area contributed by atoms with E-state index in [0.29, 0.717) is 19.3 Å². The summed E-state index contributed by atoms with van der Waals surface area (Å²) >= 11 is 0. The van der Waals surface area contributed by atoms with E-state index >= 15 is 0 Å². The van der Waals surface area contributed by atoms with E-state index in [2.05, 4.69) is 86.8 Å². The molecule has 6 heteroatoms. The standard InChI is InChI=1S/C55H99NO5/c1-4-7-10-13-16-19-22-25-27-30-33-36-39-42-45-48-55(60)61-51(46-43-40-37-34-31-28-24-21-18-15-12-9-6-3)49-54(59)56-52(50-57)53(58)47-44-41-38-35-32-29-26-23-20-17-14-11-8-5-2/h9,12,15-16,18-19,21-22,24-25,51-53,57-58H,4-8,10-11,13-14,17,20,23,26-50H2,1-3H3,(H,56,59)/b12-9+,18-15+,19-16+,24-21+,25-22+. The Morgan fingerprint density at radius 1 is 0.492 bits per heavy atom. The lowest BCUT2D eigenvalue weighted by Crippen LogP contribution is -2.46. The molecule has 3 unspecified atom stereocenters. The molecule has 6 nitrogen and oxygen atoms in total. The van der Waals surface area contributed by atoms with E-state index in [0.717, 1.165) is 89.9 Å². The molecule has 354 valence electrons. The number of allylic oxidation sites excluding steroid dienone is 10. The minimum Gasteiger partial charge on any atom is -0.462 e. The molecule has 0 fully saturated rings. The van der Waals surface area contributed by atoms with Gasteiger partial charge in [-0.1, -0.05) is 229 Å². The van der Waals surface area contributed by atoms with Crippen LogP contribution in [0.4, 0.5) is 0 Å². The van der Waals surface area contributed by atoms with Crippen molar-refractivity contribution in [1.29, 1.82) is 0 Å². The summed E-state index contributed by atoms with van der Waals surface area (Å²) in [6.07, 6.45) is 59.9. The number of aliphatic hydroxyl groups is 2. The van der Waals surface area contributed by atoms with Crippen LogP contribution in [0.3, 0.4) is 0 Å². The quantitative estimate of drug-likeness (QED) is 0.0322. The molecule has 0 aromatic heterocycles. The van der Waals surface area contributed by atoms with Crippen LogP contribution in [-0.2, 0) is 14.3 Å². The SMILES string of the molecule is CC/C=C/C=C/C=C/CCCCCCCC(CC(=O)NC(CO)C(O)CCCCCCCCCCCCCCCC)OC(=O)CCCCCCCC/C=C/C=C/CCCCC. The lowest BCUT2D eigenvalue weighted by Gasteiger charge is -2.24. The first kappa shape index (κ1) is 58.6. The average Bonchev–Trinajstić information content (AvgIpc) is 3.25. The fourth-order valence-electron chi connectivity index (χ4n) is 7.72. The van der Waals surface area contributed by atoms with Crippen molar-refractivity contribution < 1.29 is 24.5 Å². The zero-order valence-electron chi connectivity index (χ0n) is 40.3. The summed E-state index contributed by atoms with van der Waals surface area (Å²) in [5.41, 5.74) is 0. The van der Waals surface area contributed by atoms with Crippen LogP contribution in [-0.4, -0.2) is 46.9 Å². The molecule has 0 aliphatic rings. The first-order chi connectivity index (χ1) is 30.0. The van der Waals surface area contributed by atoms with E-state index in [1.807, 2.05) is 0 Å². The number of rotatable bonds is 46. The summed E-state index contributed by atoms with van der Waals surface area (Å²) in [7, 11) is 0. The van der Waals surface area contributed by atoms with Gasteiger partial charge in [-0.15, -0.1) is 0 Å². The van der Waals surface area contributed by atoms with Crippen molar-refractivity contribution in [2.45, 2.75) is 270 Å². The number of aliphatic hydroxyl groups excluding tert-OH is 2. The van der Waals surface area contributed by atoms with E-state index in [9.17, 15) is 19.8 Å². The van der Waals surface area contributed by atoms with Gasteiger partial charge >= 0.3 is 5.97 Å². The average molecular weight is 854 g/mol. The second-order valence-electron chi connectivity index (χ2n) is 17.6. The van der Waals surface area contributed by atoms with Crippen LogP contribution in [0.5, 0.6) is 0 Å². The van der Waals surface area contributed by atoms with Crippen LogP contribution in [0.2, 0.25) is 0 Å². The molecule has 0 radical (unpaired) electrons. The first-order valence-electron chi connectivity index (χ1n) is 26.1. The Labute approximate surface area is 378 Å². The highest BCUT2D eigenvalue weighted by molar-refractivity contribution is 5.77. The molecular weight excluding hydrogens is 755 g/mol. The number of ether oxygens (including phenoxy) is 1. The van der Waals surface area contributed by atoms with Gasteiger partial charge in [0.15, 0.2) is 0 Å². The monoisotopic (exact) mass is 854 g/mol. The minimum atomic E-state index is -0.797. The molecule has 0 rings (SSSR count). The maximum atomic E-state index is 13.2. The lowest BCUT2D eigenvalue weighted by atomic mass is 10.0. The smallest absolute Gasteiger partial charge is 0.306 e. The van der Waals surface area contributed by atoms with Gasteiger partial charge in [0.25, 0.3) is 0 Å². The zero-order valence-corrected chi connectivity index (χ0v) is 40.3. The van der Waals surface area contributed by atoms with E-state index in [-0.39, 0.29) is 24.9 Å². The maximum Gasteiger partial charge on any atom is 0.306 e. The molecule has 3 atom stereocenters. The van der Waals surface area contributed by atoms with Crippen LogP contribution in [0, 0.1) is 0 Å². The van der Waals surface area contributed by atoms with Gasteiger partial charge < -0.3 is 20.3 Å². The Hall–Kier alpha value is -2.44. The molecule has 0 saturated heterocycles. The van der Waals surface area contributed by atoms with E-state index in [1.165, 1.54) is 116 Å². The van der Waals surface area contributed by atoms with Crippen molar-refractivity contribution in [3.05, 3.63) is 60.8 Å². The summed E-state index contributed by atoms with van der Waals surface area (Å²) in [5, 5.41) is 23.8. The minimum absolute atomic E-state index is 0.0582. The third kappa shape index (κ3) is 44.0. The van der Waals surface area contributed by atoms with Crippen molar-refractivity contribution in [2.24, 2.45) is 0 Å². The van der Waals surface area contributed by atoms with Crippen molar-refractivity contribution in [3.63, 3.8) is 0 Å². The number of carbonyl (C=O) groups is 2. The van der Waals surface area contributed by atoms with Crippen LogP contribution in [0.15, 0.2) is 60.8 Å². The predicted molar refractivity (Wildman–Crippen MR) is 264 cm³/mol. The number of nitrogens with one attached hydrogen (secondary N) is 1. The molecule has 0 aromatic carbocycles. The van der Waals surface area contributed by atoms with E-state index < -0.39 is 18.2 Å². The first-order valence-corrected chi connectivity index (χ1v) is 26.1. The number of hydrogen-bond donors (Lipinski definition) is 3. The summed E-state index contributed by atoms with van der Waals surface area (Å²) in [6, 6.07) is -0.712. The molecule has 0 aromatic rings. The van der Waals surface area contributed by atoms with Gasteiger partial charge in [-0.2, -0.15) is 0 Å². The van der Waals surface area contributed by atoms with Crippen molar-refractivity contribution in [2.75, 3.05) is 6.61 Å². The lowest BCUT2D eigenvalue weighted by molar-refractivity contribution is -0.151. The van der Waals surface area contributed by atoms with Gasteiger partial charge in [0.2, 0.25) is 5.91 Å². The molecule has 3 N–H and O–H groups in total. The Balaban J connectivity index is 4.60. The topological polar surface area (TPSA) is 95.9 Å². The normalized spacial score (nSPS) is 13.7. The zero-order chi connectivity index (χ0) is 44.5. The van der Waals surface area contributed by atoms with Gasteiger partial charge in [-0.05, 0) is 70.6 Å². The third-order valence-electron chi connectivity index (χ3n) is 11.7. The Kier molecular flexibility index (Phi) is 46.6. The van der Waals surface area contributed by atoms with Crippen molar-refractivity contribution >= 4 is 11.9 Å². The predicted octanol–water partition coefficient (Wildman–Crippen LogP) is 15.6. The van der Waals surface area contributed by atoms with Crippen LogP contribution in [0.25, 0.3) is 0 Å². The highest BCUT2D eigenvalue weighted by Gasteiger charge is 2.24. The number of carbonyl (C=O) groups excluding carboxylic acids is 2. The Morgan fingerprint density at radius 3 is 1.38 bits per heavy atom. The summed E-state index contributed by atoms with van der Waals surface area (Å²) in [5.74, 6) is -0.506. The fraction of sp³-hybridized carbons (Fsp3) is 0.782. The Bertz CT molecular complexity index is 1090. The fourth-order valence-corrected chi connectivity index (χ4v) is 7.72. The molecule has 0 saturated carbocycles. The van der Waals surface area contributed by atoms with Gasteiger partial charge in [0.05, 0.1) is 25.2 Å². The third-order valence-corrected chi connectivity index (χ3v) is 11.7. The van der Waals surface area contributed by atoms with Gasteiger partial charge in [0, 0.05) is 6.42 Å². The summed E-state index contributed by atoms with van der Waals surface area (Å²) in [6.45, 7) is 6.32. The van der Waals surface area contributed by atoms with Crippen LogP contribution >= 0.6 is 0 Å². The second kappa shape index (κ2) is 48.6. The molecule has 61 heavy (non-hydrogen) atoms. The summed E-state index contributed by atoms with van der Waals surface area (Å²) in [4.78, 5) is 26.1. The van der Waals surface area contributed by atoms with E-state index in [4.69, 9.17) is 4.74 Å². The van der Waals surface area contributed by atoms with Crippen LogP contribution in [0.1, 0.15) is 252 Å². The summed E-state index contributed by atoms with van der Waals surface area (Å²) < 4.78 is 5.92. The number of esters is 1. The maximum absolute atomic E-state index is 13.2. The molecule has 0 aliphatic heterocycles. The largest absolute Gasteiger partial charge is 0.462 e. The van der Waals surface area contributed by atoms with Gasteiger partial charge in [-0.3, -0.25) is 9.59 Å². The van der Waals surface area contributed by atoms with Gasteiger partial charge in [0.1, 0.15) is 6.10 Å². The number of unbranched alkanes of at least 4 members (excludes halogenated alkanes) is 27. The number of hydrogen-bond acceptors (Lipinski definition) is 5. The molecule has 0 bridgehead atoms. The van der Waals surface area contributed by atoms with E-state index in [1.54, 1.807) is 0 Å². The highest BCUT2D eigenvalue weighted by Crippen LogP contribution is 2.18. The Morgan fingerprint density at radius 2 is 0.885 bits per heavy atom. The second-order valence-corrected chi connectivity index (χ2v) is 17.6. The molecular formula is C55H99NO5. The van der Waals surface area contributed by atoms with Crippen LogP contribution < -0.4 is 5.32 Å². The van der Waals surface area contributed by atoms with Crippen molar-refractivity contribution in [1.82, 2.24) is 5.32 Å². The molecule has 0 aliphatic carbocycles. The highest BCUT2D eigenvalue weighted by atomic mass is 16.5. The van der Waals surface area contributed by atoms with Crippen molar-refractivity contribution in [3.8, 4) is 0 Å². The molecule has 0 spiro atoms. The molecule has 0 heterocycles. The number of amides is 1.